The quantitative estimate of drug-likeness (QED) is 0.383. The Hall–Kier alpha value is -3.25. The van der Waals surface area contributed by atoms with Crippen molar-refractivity contribution in [1.29, 1.82) is 10.8 Å². The molecule has 0 saturated carbocycles. The standard InChI is InChI=1S/C22H25N3O2.C7H13N.H2/c1-2-3-9-20(23)19(14-21(24)22(25)26)17-10-12-18(13-11-17)27-15-16-7-5-4-6-8-16;1-4-8-5-2-7(1)3-6-8;/h4-8,10-14,23-24H,2-3,9,15H2,1H3,(H2,25,26);7H,1-6H2;1H/b19-14-,23-20?,24-21?;;. The molecule has 2 aromatic rings. The molecule has 0 radical (unpaired) electrons. The van der Waals surface area contributed by atoms with Crippen molar-refractivity contribution < 1.29 is 11.0 Å². The Kier molecular flexibility index (Phi) is 10.2. The first-order chi connectivity index (χ1) is 17.0. The smallest absolute Gasteiger partial charge is 0.266 e. The summed E-state index contributed by atoms with van der Waals surface area (Å²) in [7, 11) is 0. The van der Waals surface area contributed by atoms with E-state index in [4.69, 9.17) is 21.3 Å². The van der Waals surface area contributed by atoms with Gasteiger partial charge in [-0.1, -0.05) is 55.8 Å². The Morgan fingerprint density at radius 1 is 1.06 bits per heavy atom. The lowest BCUT2D eigenvalue weighted by Crippen LogP contribution is -2.41. The van der Waals surface area contributed by atoms with Gasteiger partial charge in [-0.3, -0.25) is 10.2 Å². The van der Waals surface area contributed by atoms with Crippen LogP contribution in [0.3, 0.4) is 0 Å². The van der Waals surface area contributed by atoms with Crippen molar-refractivity contribution in [3.8, 4) is 5.75 Å². The summed E-state index contributed by atoms with van der Waals surface area (Å²) in [5.74, 6) is 1.02. The van der Waals surface area contributed by atoms with Crippen LogP contribution in [-0.2, 0) is 11.4 Å². The van der Waals surface area contributed by atoms with Crippen LogP contribution in [0, 0.1) is 16.7 Å². The van der Waals surface area contributed by atoms with E-state index in [0.29, 0.717) is 30.1 Å². The minimum atomic E-state index is -0.807. The predicted molar refractivity (Wildman–Crippen MR) is 145 cm³/mol. The summed E-state index contributed by atoms with van der Waals surface area (Å²) in [6, 6.07) is 17.2. The normalized spacial score (nSPS) is 18.8. The molecule has 3 aliphatic heterocycles. The summed E-state index contributed by atoms with van der Waals surface area (Å²) in [4.78, 5) is 13.8. The fourth-order valence-corrected chi connectivity index (χ4v) is 4.38. The Bertz CT molecular complexity index is 990. The molecule has 2 bridgehead atoms. The SMILES string of the molecule is C1CN2CCC1CC2.CCCCC(=N)/C(=C\C(=N)C(N)=O)c1ccc(OCc2ccccc2)cc1.[HH]. The number of amides is 1. The Labute approximate surface area is 210 Å². The molecule has 0 aromatic heterocycles. The molecule has 3 aliphatic rings. The summed E-state index contributed by atoms with van der Waals surface area (Å²) >= 11 is 0. The Morgan fingerprint density at radius 3 is 2.17 bits per heavy atom. The molecule has 2 aromatic carbocycles. The van der Waals surface area contributed by atoms with E-state index >= 15 is 0 Å². The lowest BCUT2D eigenvalue weighted by molar-refractivity contribution is -0.111. The van der Waals surface area contributed by atoms with E-state index in [1.54, 1.807) is 0 Å². The molecule has 6 nitrogen and oxygen atoms in total. The highest BCUT2D eigenvalue weighted by molar-refractivity contribution is 6.45. The molecule has 1 amide bonds. The third kappa shape index (κ3) is 8.48. The number of benzene rings is 2. The van der Waals surface area contributed by atoms with Crippen molar-refractivity contribution in [1.82, 2.24) is 4.90 Å². The molecule has 0 aliphatic carbocycles. The first kappa shape index (κ1) is 26.4. The van der Waals surface area contributed by atoms with Gasteiger partial charge in [-0.15, -0.1) is 0 Å². The van der Waals surface area contributed by atoms with Gasteiger partial charge in [-0.05, 0) is 87.0 Å². The third-order valence-electron chi connectivity index (χ3n) is 6.63. The van der Waals surface area contributed by atoms with Gasteiger partial charge >= 0.3 is 0 Å². The minimum Gasteiger partial charge on any atom is -0.489 e. The second kappa shape index (κ2) is 13.6. The number of nitrogens with one attached hydrogen (secondary N) is 2. The molecule has 3 heterocycles. The molecule has 35 heavy (non-hydrogen) atoms. The molecule has 6 heteroatoms. The van der Waals surface area contributed by atoms with E-state index in [1.165, 1.54) is 45.0 Å². The van der Waals surface area contributed by atoms with Crippen molar-refractivity contribution in [2.75, 3.05) is 19.6 Å². The highest BCUT2D eigenvalue weighted by atomic mass is 16.5. The maximum atomic E-state index is 11.2. The monoisotopic (exact) mass is 476 g/mol. The van der Waals surface area contributed by atoms with Crippen LogP contribution in [0.2, 0.25) is 0 Å². The second-order valence-corrected chi connectivity index (χ2v) is 9.29. The number of hydrogen-bond donors (Lipinski definition) is 3. The average molecular weight is 477 g/mol. The van der Waals surface area contributed by atoms with E-state index in [-0.39, 0.29) is 7.14 Å². The maximum Gasteiger partial charge on any atom is 0.266 e. The number of primary amides is 1. The molecule has 5 rings (SSSR count). The Balaban J connectivity index is 0.000000423. The zero-order chi connectivity index (χ0) is 25.0. The van der Waals surface area contributed by atoms with Crippen LogP contribution in [0.4, 0.5) is 0 Å². The minimum absolute atomic E-state index is 0. The van der Waals surface area contributed by atoms with Crippen molar-refractivity contribution in [3.05, 3.63) is 71.8 Å². The fraction of sp³-hybridized carbons (Fsp3) is 0.414. The van der Waals surface area contributed by atoms with Gasteiger partial charge < -0.3 is 20.8 Å². The highest BCUT2D eigenvalue weighted by Gasteiger charge is 2.24. The number of nitrogens with two attached hydrogens (primary N) is 1. The van der Waals surface area contributed by atoms with Gasteiger partial charge in [0.1, 0.15) is 18.1 Å². The summed E-state index contributed by atoms with van der Waals surface area (Å²) in [5.41, 5.74) is 7.65. The van der Waals surface area contributed by atoms with Gasteiger partial charge in [-0.25, -0.2) is 0 Å². The molecule has 0 unspecified atom stereocenters. The number of carbonyl (C=O) groups excluding carboxylic acids is 1. The zero-order valence-electron chi connectivity index (χ0n) is 20.8. The lowest BCUT2D eigenvalue weighted by Gasteiger charge is -2.38. The first-order valence-corrected chi connectivity index (χ1v) is 12.6. The predicted octanol–water partition coefficient (Wildman–Crippen LogP) is 5.71. The van der Waals surface area contributed by atoms with Gasteiger partial charge in [0.05, 0.1) is 0 Å². The van der Waals surface area contributed by atoms with E-state index in [2.05, 4.69) is 11.8 Å². The Morgan fingerprint density at radius 2 is 1.69 bits per heavy atom. The van der Waals surface area contributed by atoms with Crippen LogP contribution in [0.5, 0.6) is 5.75 Å². The van der Waals surface area contributed by atoms with E-state index in [1.807, 2.05) is 54.6 Å². The van der Waals surface area contributed by atoms with Gasteiger partial charge in [0.15, 0.2) is 0 Å². The van der Waals surface area contributed by atoms with E-state index in [9.17, 15) is 4.79 Å². The number of nitrogens with zero attached hydrogens (tertiary/aromatic N) is 1. The molecular weight excluding hydrogens is 436 g/mol. The molecule has 0 atom stereocenters. The number of carbonyl (C=O) groups is 1. The van der Waals surface area contributed by atoms with E-state index in [0.717, 1.165) is 29.9 Å². The van der Waals surface area contributed by atoms with Crippen LogP contribution in [0.1, 0.15) is 58.0 Å². The number of hydrogen-bond acceptors (Lipinski definition) is 5. The second-order valence-electron chi connectivity index (χ2n) is 9.29. The van der Waals surface area contributed by atoms with Crippen molar-refractivity contribution in [2.45, 2.75) is 52.1 Å². The number of rotatable bonds is 10. The molecule has 3 fully saturated rings. The third-order valence-corrected chi connectivity index (χ3v) is 6.63. The molecule has 0 spiro atoms. The van der Waals surface area contributed by atoms with Gasteiger partial charge in [0.25, 0.3) is 5.91 Å². The largest absolute Gasteiger partial charge is 0.489 e. The van der Waals surface area contributed by atoms with Crippen LogP contribution >= 0.6 is 0 Å². The van der Waals surface area contributed by atoms with Crippen LogP contribution in [0.15, 0.2) is 60.7 Å². The topological polar surface area (TPSA) is 103 Å². The number of unbranched alkanes of at least 4 members (excludes halogenated alkanes) is 1. The maximum absolute atomic E-state index is 11.2. The molecule has 188 valence electrons. The summed E-state index contributed by atoms with van der Waals surface area (Å²) in [6.07, 6.45) is 8.26. The van der Waals surface area contributed by atoms with E-state index < -0.39 is 5.91 Å². The zero-order valence-corrected chi connectivity index (χ0v) is 20.8. The van der Waals surface area contributed by atoms with Crippen molar-refractivity contribution in [2.24, 2.45) is 11.7 Å². The van der Waals surface area contributed by atoms with Crippen LogP contribution in [-0.4, -0.2) is 41.9 Å². The first-order valence-electron chi connectivity index (χ1n) is 12.6. The molecule has 3 saturated heterocycles. The number of ether oxygens (including phenoxy) is 1. The molecular formula is C29H40N4O2. The summed E-state index contributed by atoms with van der Waals surface area (Å²) < 4.78 is 5.78. The van der Waals surface area contributed by atoms with Gasteiger partial charge in [0, 0.05) is 12.7 Å². The van der Waals surface area contributed by atoms with Crippen LogP contribution < -0.4 is 10.5 Å². The number of fused-ring (bicyclic) bond motifs is 3. The van der Waals surface area contributed by atoms with Crippen LogP contribution in [0.25, 0.3) is 5.57 Å². The number of piperidine rings is 3. The summed E-state index contributed by atoms with van der Waals surface area (Å²) in [6.45, 7) is 6.71. The highest BCUT2D eigenvalue weighted by Crippen LogP contribution is 2.26. The lowest BCUT2D eigenvalue weighted by atomic mass is 9.89. The average Bonchev–Trinajstić information content (AvgIpc) is 2.91. The number of allylic oxidation sites excluding steroid dienone is 1. The summed E-state index contributed by atoms with van der Waals surface area (Å²) in [5, 5.41) is 16.0. The molecule has 4 N–H and O–H groups in total. The van der Waals surface area contributed by atoms with Gasteiger partial charge in [0.2, 0.25) is 0 Å². The van der Waals surface area contributed by atoms with Crippen molar-refractivity contribution in [3.63, 3.8) is 0 Å². The van der Waals surface area contributed by atoms with Gasteiger partial charge in [-0.2, -0.15) is 0 Å². The van der Waals surface area contributed by atoms with Crippen molar-refractivity contribution >= 4 is 22.9 Å². The fourth-order valence-electron chi connectivity index (χ4n) is 4.38.